The molecule has 3 aromatic rings. The van der Waals surface area contributed by atoms with Gasteiger partial charge in [-0.2, -0.15) is 0 Å². The first-order valence-corrected chi connectivity index (χ1v) is 9.58. The van der Waals surface area contributed by atoms with Gasteiger partial charge in [-0.15, -0.1) is 0 Å². The number of para-hydroxylation sites is 2. The van der Waals surface area contributed by atoms with Crippen LogP contribution >= 0.6 is 0 Å². The van der Waals surface area contributed by atoms with Crippen LogP contribution in [-0.4, -0.2) is 44.3 Å². The van der Waals surface area contributed by atoms with E-state index in [1.165, 1.54) is 0 Å². The van der Waals surface area contributed by atoms with Crippen molar-refractivity contribution in [3.63, 3.8) is 0 Å². The van der Waals surface area contributed by atoms with E-state index in [0.29, 0.717) is 12.4 Å². The summed E-state index contributed by atoms with van der Waals surface area (Å²) in [5.74, 6) is 0.585. The van der Waals surface area contributed by atoms with E-state index in [9.17, 15) is 9.59 Å². The van der Waals surface area contributed by atoms with Gasteiger partial charge < -0.3 is 14.8 Å². The fourth-order valence-corrected chi connectivity index (χ4v) is 3.55. The molecule has 1 aliphatic heterocycles. The van der Waals surface area contributed by atoms with Gasteiger partial charge in [0.15, 0.2) is 0 Å². The van der Waals surface area contributed by atoms with Crippen molar-refractivity contribution in [3.05, 3.63) is 60.2 Å². The number of imidazole rings is 1. The molecule has 1 N–H and O–H groups in total. The summed E-state index contributed by atoms with van der Waals surface area (Å²) >= 11 is 0. The van der Waals surface area contributed by atoms with E-state index in [1.54, 1.807) is 12.4 Å². The van der Waals surface area contributed by atoms with Gasteiger partial charge in [0, 0.05) is 32.0 Å². The quantitative estimate of drug-likeness (QED) is 0.712. The number of nitrogens with zero attached hydrogens (tertiary/aromatic N) is 4. The highest BCUT2D eigenvalue weighted by molar-refractivity contribution is 5.83. The summed E-state index contributed by atoms with van der Waals surface area (Å²) in [5.41, 5.74) is 2.60. The highest BCUT2D eigenvalue weighted by Gasteiger charge is 2.22. The molecular weight excluding hydrogens is 354 g/mol. The minimum absolute atomic E-state index is 0.0739. The van der Waals surface area contributed by atoms with Crippen LogP contribution in [0.3, 0.4) is 0 Å². The summed E-state index contributed by atoms with van der Waals surface area (Å²) in [6, 6.07) is 11.4. The maximum atomic E-state index is 12.6. The van der Waals surface area contributed by atoms with Crippen molar-refractivity contribution in [2.24, 2.45) is 0 Å². The van der Waals surface area contributed by atoms with Crippen LogP contribution in [0.2, 0.25) is 0 Å². The molecule has 2 aromatic heterocycles. The lowest BCUT2D eigenvalue weighted by molar-refractivity contribution is -0.129. The zero-order valence-electron chi connectivity index (χ0n) is 15.7. The van der Waals surface area contributed by atoms with Crippen LogP contribution in [-0.2, 0) is 29.1 Å². The molecule has 0 atom stereocenters. The minimum Gasteiger partial charge on any atom is -0.350 e. The molecule has 1 saturated heterocycles. The van der Waals surface area contributed by atoms with Gasteiger partial charge in [-0.1, -0.05) is 18.2 Å². The zero-order chi connectivity index (χ0) is 19.3. The van der Waals surface area contributed by atoms with E-state index >= 15 is 0 Å². The third-order valence-electron chi connectivity index (χ3n) is 5.02. The van der Waals surface area contributed by atoms with Crippen molar-refractivity contribution < 1.29 is 9.59 Å². The fourth-order valence-electron chi connectivity index (χ4n) is 3.55. The molecule has 144 valence electrons. The average Bonchev–Trinajstić information content (AvgIpc) is 3.36. The summed E-state index contributed by atoms with van der Waals surface area (Å²) in [7, 11) is 0. The van der Waals surface area contributed by atoms with Gasteiger partial charge in [0.1, 0.15) is 12.4 Å². The highest BCUT2D eigenvalue weighted by atomic mass is 16.2. The first kappa shape index (κ1) is 18.2. The molecule has 7 nitrogen and oxygen atoms in total. The molecule has 0 radical (unpaired) electrons. The predicted molar refractivity (Wildman–Crippen MR) is 105 cm³/mol. The number of aromatic nitrogens is 3. The molecule has 0 aliphatic carbocycles. The molecule has 0 saturated carbocycles. The molecule has 1 aliphatic rings. The van der Waals surface area contributed by atoms with E-state index in [-0.39, 0.29) is 24.8 Å². The lowest BCUT2D eigenvalue weighted by atomic mass is 10.3. The third-order valence-corrected chi connectivity index (χ3v) is 5.02. The number of nitrogens with one attached hydrogen (secondary N) is 1. The zero-order valence-corrected chi connectivity index (χ0v) is 15.7. The van der Waals surface area contributed by atoms with E-state index in [0.717, 1.165) is 42.5 Å². The Balaban J connectivity index is 1.51. The second-order valence-electron chi connectivity index (χ2n) is 7.01. The Morgan fingerprint density at radius 3 is 2.68 bits per heavy atom. The maximum Gasteiger partial charge on any atom is 0.240 e. The average molecular weight is 377 g/mol. The molecule has 2 amide bonds. The topological polar surface area (TPSA) is 80.1 Å². The number of pyridine rings is 1. The van der Waals surface area contributed by atoms with Gasteiger partial charge in [0.2, 0.25) is 11.8 Å². The smallest absolute Gasteiger partial charge is 0.240 e. The maximum absolute atomic E-state index is 12.6. The number of benzene rings is 1. The lowest BCUT2D eigenvalue weighted by Crippen LogP contribution is -2.31. The molecule has 1 aromatic carbocycles. The Labute approximate surface area is 163 Å². The van der Waals surface area contributed by atoms with Gasteiger partial charge in [-0.25, -0.2) is 4.98 Å². The molecule has 1 fully saturated rings. The van der Waals surface area contributed by atoms with Crippen molar-refractivity contribution in [2.45, 2.75) is 32.4 Å². The van der Waals surface area contributed by atoms with Crippen LogP contribution in [0.25, 0.3) is 11.0 Å². The standard InChI is InChI=1S/C21H23N5O2/c27-20(23-14-16-6-5-9-22-13-16)15-26-18-8-2-1-7-17(18)24-19(26)12-21(28)25-10-3-4-11-25/h1-2,5-9,13H,3-4,10-12,14-15H2,(H,23,27). The number of amides is 2. The second-order valence-corrected chi connectivity index (χ2v) is 7.01. The molecule has 0 bridgehead atoms. The summed E-state index contributed by atoms with van der Waals surface area (Å²) in [6.07, 6.45) is 5.75. The van der Waals surface area contributed by atoms with Gasteiger partial charge in [0.25, 0.3) is 0 Å². The van der Waals surface area contributed by atoms with Gasteiger partial charge >= 0.3 is 0 Å². The lowest BCUT2D eigenvalue weighted by Gasteiger charge is -2.15. The number of hydrogen-bond acceptors (Lipinski definition) is 4. The third kappa shape index (κ3) is 4.03. The van der Waals surface area contributed by atoms with E-state index in [2.05, 4.69) is 15.3 Å². The summed E-state index contributed by atoms with van der Waals surface area (Å²) < 4.78 is 1.85. The monoisotopic (exact) mass is 377 g/mol. The molecular formula is C21H23N5O2. The first-order chi connectivity index (χ1) is 13.7. The molecule has 28 heavy (non-hydrogen) atoms. The van der Waals surface area contributed by atoms with Crippen molar-refractivity contribution in [1.82, 2.24) is 24.8 Å². The van der Waals surface area contributed by atoms with Crippen molar-refractivity contribution in [3.8, 4) is 0 Å². The van der Waals surface area contributed by atoms with Crippen molar-refractivity contribution in [1.29, 1.82) is 0 Å². The molecule has 3 heterocycles. The van der Waals surface area contributed by atoms with Crippen LogP contribution in [0.15, 0.2) is 48.8 Å². The number of carbonyl (C=O) groups is 2. The van der Waals surface area contributed by atoms with Crippen LogP contribution in [0.4, 0.5) is 0 Å². The Morgan fingerprint density at radius 2 is 1.89 bits per heavy atom. The fraction of sp³-hybridized carbons (Fsp3) is 0.333. The number of hydrogen-bond donors (Lipinski definition) is 1. The molecule has 4 rings (SSSR count). The molecule has 7 heteroatoms. The van der Waals surface area contributed by atoms with Crippen molar-refractivity contribution >= 4 is 22.8 Å². The molecule has 0 spiro atoms. The number of carbonyl (C=O) groups excluding carboxylic acids is 2. The predicted octanol–water partition coefficient (Wildman–Crippen LogP) is 1.91. The Hall–Kier alpha value is -3.22. The van der Waals surface area contributed by atoms with E-state index in [4.69, 9.17) is 0 Å². The Morgan fingerprint density at radius 1 is 1.07 bits per heavy atom. The number of rotatable bonds is 6. The van der Waals surface area contributed by atoms with Crippen LogP contribution in [0, 0.1) is 0 Å². The largest absolute Gasteiger partial charge is 0.350 e. The first-order valence-electron chi connectivity index (χ1n) is 9.58. The number of fused-ring (bicyclic) bond motifs is 1. The Kier molecular flexibility index (Phi) is 5.32. The minimum atomic E-state index is -0.123. The Bertz CT molecular complexity index is 977. The van der Waals surface area contributed by atoms with Gasteiger partial charge in [-0.3, -0.25) is 14.6 Å². The number of likely N-dealkylation sites (tertiary alicyclic amines) is 1. The summed E-state index contributed by atoms with van der Waals surface area (Å²) in [6.45, 7) is 2.17. The SMILES string of the molecule is O=C(Cn1c(CC(=O)N2CCCC2)nc2ccccc21)NCc1cccnc1. The van der Waals surface area contributed by atoms with Crippen LogP contribution in [0.1, 0.15) is 24.2 Å². The normalized spacial score (nSPS) is 13.8. The van der Waals surface area contributed by atoms with Gasteiger partial charge in [0.05, 0.1) is 17.5 Å². The van der Waals surface area contributed by atoms with Crippen LogP contribution < -0.4 is 5.32 Å². The summed E-state index contributed by atoms with van der Waals surface area (Å²) in [4.78, 5) is 35.7. The van der Waals surface area contributed by atoms with Crippen molar-refractivity contribution in [2.75, 3.05) is 13.1 Å². The van der Waals surface area contributed by atoms with E-state index < -0.39 is 0 Å². The van der Waals surface area contributed by atoms with E-state index in [1.807, 2.05) is 45.9 Å². The highest BCUT2D eigenvalue weighted by Crippen LogP contribution is 2.18. The van der Waals surface area contributed by atoms with Crippen LogP contribution in [0.5, 0.6) is 0 Å². The summed E-state index contributed by atoms with van der Waals surface area (Å²) in [5, 5.41) is 2.91. The molecule has 0 unspecified atom stereocenters. The van der Waals surface area contributed by atoms with Gasteiger partial charge in [-0.05, 0) is 36.6 Å². The second kappa shape index (κ2) is 8.21.